The van der Waals surface area contributed by atoms with Gasteiger partial charge in [0.05, 0.1) is 18.1 Å². The van der Waals surface area contributed by atoms with Gasteiger partial charge < -0.3 is 9.47 Å². The highest BCUT2D eigenvalue weighted by Crippen LogP contribution is 2.42. The van der Waals surface area contributed by atoms with E-state index in [1.54, 1.807) is 0 Å². The van der Waals surface area contributed by atoms with Crippen molar-refractivity contribution in [3.8, 4) is 0 Å². The maximum atomic E-state index is 11.9. The van der Waals surface area contributed by atoms with E-state index in [1.807, 2.05) is 20.8 Å². The van der Waals surface area contributed by atoms with E-state index in [4.69, 9.17) is 9.47 Å². The Kier molecular flexibility index (Phi) is 2.75. The smallest absolute Gasteiger partial charge is 0.312 e. The van der Waals surface area contributed by atoms with Crippen molar-refractivity contribution in [1.29, 1.82) is 0 Å². The van der Waals surface area contributed by atoms with Gasteiger partial charge in [-0.15, -0.1) is 0 Å². The summed E-state index contributed by atoms with van der Waals surface area (Å²) < 4.78 is 11.0. The topological polar surface area (TPSA) is 35.5 Å². The van der Waals surface area contributed by atoms with Crippen molar-refractivity contribution in [2.24, 2.45) is 5.92 Å². The highest BCUT2D eigenvalue weighted by Gasteiger charge is 2.50. The van der Waals surface area contributed by atoms with Crippen molar-refractivity contribution in [3.63, 3.8) is 0 Å². The summed E-state index contributed by atoms with van der Waals surface area (Å²) in [6.45, 7) is 5.66. The molecule has 2 aliphatic rings. The average molecular weight is 230 g/mol. The maximum Gasteiger partial charge on any atom is 0.312 e. The quantitative estimate of drug-likeness (QED) is 0.551. The summed E-state index contributed by atoms with van der Waals surface area (Å²) in [5.41, 5.74) is -0.412. The molecule has 0 amide bonds. The van der Waals surface area contributed by atoms with Crippen LogP contribution in [0.15, 0.2) is 0 Å². The molecule has 3 nitrogen and oxygen atoms in total. The van der Waals surface area contributed by atoms with Crippen molar-refractivity contribution < 1.29 is 14.3 Å². The molecule has 2 saturated heterocycles. The minimum absolute atomic E-state index is 0.0341. The van der Waals surface area contributed by atoms with Gasteiger partial charge in [0.25, 0.3) is 0 Å². The first-order chi connectivity index (χ1) is 6.87. The lowest BCUT2D eigenvalue weighted by atomic mass is 9.89. The van der Waals surface area contributed by atoms with E-state index < -0.39 is 5.60 Å². The molecular formula is C11H18O3S. The second-order valence-corrected chi connectivity index (χ2v) is 6.06. The number of hydrogen-bond donors (Lipinski definition) is 1. The van der Waals surface area contributed by atoms with Gasteiger partial charge in [0.1, 0.15) is 5.60 Å². The zero-order valence-corrected chi connectivity index (χ0v) is 10.3. The van der Waals surface area contributed by atoms with Crippen LogP contribution in [-0.4, -0.2) is 29.0 Å². The van der Waals surface area contributed by atoms with Gasteiger partial charge in [-0.25, -0.2) is 0 Å². The molecule has 0 aromatic carbocycles. The van der Waals surface area contributed by atoms with Gasteiger partial charge in [-0.2, -0.15) is 12.6 Å². The number of thiol groups is 1. The van der Waals surface area contributed by atoms with E-state index in [1.165, 1.54) is 0 Å². The molecule has 0 spiro atoms. The molecule has 86 valence electrons. The molecule has 0 saturated carbocycles. The molecule has 0 aromatic rings. The van der Waals surface area contributed by atoms with Crippen LogP contribution >= 0.6 is 12.6 Å². The number of esters is 1. The maximum absolute atomic E-state index is 11.9. The minimum Gasteiger partial charge on any atom is -0.460 e. The molecule has 2 heterocycles. The number of fused-ring (bicyclic) bond motifs is 2. The zero-order chi connectivity index (χ0) is 11.2. The Morgan fingerprint density at radius 3 is 2.53 bits per heavy atom. The molecule has 2 fully saturated rings. The molecule has 4 heteroatoms. The fourth-order valence-electron chi connectivity index (χ4n) is 2.31. The first-order valence-corrected chi connectivity index (χ1v) is 5.95. The molecule has 15 heavy (non-hydrogen) atoms. The van der Waals surface area contributed by atoms with Crippen LogP contribution in [0.2, 0.25) is 0 Å². The Balaban J connectivity index is 1.98. The van der Waals surface area contributed by atoms with E-state index in [-0.39, 0.29) is 29.3 Å². The van der Waals surface area contributed by atoms with Gasteiger partial charge in [0.2, 0.25) is 0 Å². The van der Waals surface area contributed by atoms with Crippen LogP contribution in [0.5, 0.6) is 0 Å². The van der Waals surface area contributed by atoms with Crippen LogP contribution in [0.3, 0.4) is 0 Å². The van der Waals surface area contributed by atoms with Crippen LogP contribution < -0.4 is 0 Å². The Hall–Kier alpha value is -0.220. The van der Waals surface area contributed by atoms with Gasteiger partial charge in [0, 0.05) is 5.25 Å². The highest BCUT2D eigenvalue weighted by molar-refractivity contribution is 7.81. The normalized spacial score (nSPS) is 39.5. The Bertz CT molecular complexity index is 271. The SMILES string of the molecule is CC(C)(C)OC(=O)C1CC2CC(S)C1O2. The summed E-state index contributed by atoms with van der Waals surface area (Å²) in [5, 5.41) is 0.196. The van der Waals surface area contributed by atoms with Crippen molar-refractivity contribution in [2.45, 2.75) is 56.7 Å². The summed E-state index contributed by atoms with van der Waals surface area (Å²) in [4.78, 5) is 11.9. The van der Waals surface area contributed by atoms with E-state index in [9.17, 15) is 4.79 Å². The predicted octanol–water partition coefficient (Wildman–Crippen LogP) is 1.80. The fourth-order valence-corrected chi connectivity index (χ4v) is 2.83. The number of hydrogen-bond acceptors (Lipinski definition) is 4. The molecule has 0 aromatic heterocycles. The Morgan fingerprint density at radius 1 is 1.40 bits per heavy atom. The lowest BCUT2D eigenvalue weighted by molar-refractivity contribution is -0.161. The van der Waals surface area contributed by atoms with Crippen molar-refractivity contribution >= 4 is 18.6 Å². The summed E-state index contributed by atoms with van der Waals surface area (Å²) in [6.07, 6.45) is 1.95. The van der Waals surface area contributed by atoms with Gasteiger partial charge in [-0.3, -0.25) is 4.79 Å². The van der Waals surface area contributed by atoms with Crippen LogP contribution in [-0.2, 0) is 14.3 Å². The summed E-state index contributed by atoms with van der Waals surface area (Å²) in [5.74, 6) is -0.237. The predicted molar refractivity (Wildman–Crippen MR) is 60.0 cm³/mol. The third kappa shape index (κ3) is 2.31. The van der Waals surface area contributed by atoms with E-state index >= 15 is 0 Å². The van der Waals surface area contributed by atoms with Gasteiger partial charge in [-0.1, -0.05) is 0 Å². The molecule has 0 N–H and O–H groups in total. The van der Waals surface area contributed by atoms with Crippen molar-refractivity contribution in [3.05, 3.63) is 0 Å². The van der Waals surface area contributed by atoms with Gasteiger partial charge >= 0.3 is 5.97 Å². The molecular weight excluding hydrogens is 212 g/mol. The fraction of sp³-hybridized carbons (Fsp3) is 0.909. The first-order valence-electron chi connectivity index (χ1n) is 5.43. The monoisotopic (exact) mass is 230 g/mol. The number of rotatable bonds is 1. The van der Waals surface area contributed by atoms with Crippen LogP contribution in [0, 0.1) is 5.92 Å². The molecule has 2 aliphatic heterocycles. The number of carbonyl (C=O) groups excluding carboxylic acids is 1. The second kappa shape index (κ2) is 3.67. The summed E-state index contributed by atoms with van der Waals surface area (Å²) >= 11 is 4.43. The van der Waals surface area contributed by atoms with E-state index in [0.29, 0.717) is 0 Å². The summed E-state index contributed by atoms with van der Waals surface area (Å²) in [7, 11) is 0. The van der Waals surface area contributed by atoms with Crippen LogP contribution in [0.1, 0.15) is 33.6 Å². The third-order valence-electron chi connectivity index (χ3n) is 2.86. The lowest BCUT2D eigenvalue weighted by Gasteiger charge is -2.26. The number of carbonyl (C=O) groups is 1. The lowest BCUT2D eigenvalue weighted by Crippen LogP contribution is -2.37. The minimum atomic E-state index is -0.412. The second-order valence-electron chi connectivity index (χ2n) is 5.40. The van der Waals surface area contributed by atoms with Crippen LogP contribution in [0.4, 0.5) is 0 Å². The van der Waals surface area contributed by atoms with Gasteiger partial charge in [-0.05, 0) is 33.6 Å². The van der Waals surface area contributed by atoms with Crippen LogP contribution in [0.25, 0.3) is 0 Å². The Labute approximate surface area is 95.9 Å². The number of ether oxygens (including phenoxy) is 2. The molecule has 4 unspecified atom stereocenters. The molecule has 2 rings (SSSR count). The molecule has 2 bridgehead atoms. The largest absolute Gasteiger partial charge is 0.460 e. The first kappa shape index (κ1) is 11.3. The third-order valence-corrected chi connectivity index (χ3v) is 3.36. The van der Waals surface area contributed by atoms with Crippen molar-refractivity contribution in [1.82, 2.24) is 0 Å². The van der Waals surface area contributed by atoms with E-state index in [0.717, 1.165) is 12.8 Å². The zero-order valence-electron chi connectivity index (χ0n) is 9.40. The van der Waals surface area contributed by atoms with Gasteiger partial charge in [0.15, 0.2) is 0 Å². The average Bonchev–Trinajstić information content (AvgIpc) is 2.58. The molecule has 0 aliphatic carbocycles. The Morgan fingerprint density at radius 2 is 2.07 bits per heavy atom. The summed E-state index contributed by atoms with van der Waals surface area (Å²) in [6, 6.07) is 0. The molecule has 4 atom stereocenters. The highest BCUT2D eigenvalue weighted by atomic mass is 32.1. The van der Waals surface area contributed by atoms with E-state index in [2.05, 4.69) is 12.6 Å². The van der Waals surface area contributed by atoms with Crippen molar-refractivity contribution in [2.75, 3.05) is 0 Å². The standard InChI is InChI=1S/C11H18O3S/c1-11(2,3)14-10(12)7-4-6-5-8(15)9(7)13-6/h6-9,15H,4-5H2,1-3H3. The molecule has 0 radical (unpaired) electrons.